The molecule has 0 radical (unpaired) electrons. The lowest BCUT2D eigenvalue weighted by Gasteiger charge is -2.25. The molecule has 4 N–H and O–H groups in total. The van der Waals surface area contributed by atoms with Gasteiger partial charge in [-0.2, -0.15) is 0 Å². The predicted octanol–water partition coefficient (Wildman–Crippen LogP) is 1.81. The van der Waals surface area contributed by atoms with Crippen LogP contribution in [-0.4, -0.2) is 17.7 Å². The number of benzene rings is 1. The molecule has 0 unspecified atom stereocenters. The Morgan fingerprint density at radius 1 is 1.40 bits per heavy atom. The highest BCUT2D eigenvalue weighted by Crippen LogP contribution is 2.22. The highest BCUT2D eigenvalue weighted by atomic mass is 16.4. The van der Waals surface area contributed by atoms with Gasteiger partial charge in [-0.25, -0.2) is 4.79 Å². The molecular formula is C11H16N2O2. The van der Waals surface area contributed by atoms with Gasteiger partial charge in [0, 0.05) is 17.6 Å². The number of amides is 1. The number of nitrogen functional groups attached to an aromatic ring is 1. The largest absolute Gasteiger partial charge is 0.465 e. The molecule has 1 aromatic carbocycles. The summed E-state index contributed by atoms with van der Waals surface area (Å²) in [4.78, 5) is 10.4. The van der Waals surface area contributed by atoms with Crippen molar-refractivity contribution in [1.82, 2.24) is 5.32 Å². The van der Waals surface area contributed by atoms with Gasteiger partial charge in [0.15, 0.2) is 0 Å². The summed E-state index contributed by atoms with van der Waals surface area (Å²) in [5.74, 6) is 0. The summed E-state index contributed by atoms with van der Waals surface area (Å²) in [6.45, 7) is 4.34. The van der Waals surface area contributed by atoms with Crippen LogP contribution in [0.25, 0.3) is 0 Å². The molecule has 0 fully saturated rings. The van der Waals surface area contributed by atoms with Crippen LogP contribution in [0.5, 0.6) is 0 Å². The standard InChI is InChI=1S/C11H16N2O2/c1-11(2,7-13-10(14)15)8-3-5-9(12)6-4-8/h3-6,13H,7,12H2,1-2H3,(H,14,15). The molecule has 0 saturated carbocycles. The summed E-state index contributed by atoms with van der Waals surface area (Å²) >= 11 is 0. The Bertz CT molecular complexity index is 344. The Hall–Kier alpha value is -1.71. The van der Waals surface area contributed by atoms with E-state index in [0.29, 0.717) is 12.2 Å². The minimum absolute atomic E-state index is 0.230. The van der Waals surface area contributed by atoms with Crippen LogP contribution < -0.4 is 11.1 Å². The first kappa shape index (κ1) is 11.4. The zero-order valence-corrected chi connectivity index (χ0v) is 8.95. The lowest BCUT2D eigenvalue weighted by atomic mass is 9.84. The lowest BCUT2D eigenvalue weighted by molar-refractivity contribution is 0.192. The van der Waals surface area contributed by atoms with Crippen LogP contribution in [0.3, 0.4) is 0 Å². The maximum Gasteiger partial charge on any atom is 0.404 e. The van der Waals surface area contributed by atoms with E-state index in [1.807, 2.05) is 38.1 Å². The fraction of sp³-hybridized carbons (Fsp3) is 0.364. The maximum atomic E-state index is 10.4. The van der Waals surface area contributed by atoms with Crippen molar-refractivity contribution >= 4 is 11.8 Å². The average Bonchev–Trinajstić information content (AvgIpc) is 2.16. The van der Waals surface area contributed by atoms with E-state index in [9.17, 15) is 4.79 Å². The fourth-order valence-corrected chi connectivity index (χ4v) is 1.33. The van der Waals surface area contributed by atoms with E-state index >= 15 is 0 Å². The van der Waals surface area contributed by atoms with Crippen LogP contribution in [-0.2, 0) is 5.41 Å². The highest BCUT2D eigenvalue weighted by Gasteiger charge is 2.20. The molecule has 0 atom stereocenters. The normalized spacial score (nSPS) is 11.1. The van der Waals surface area contributed by atoms with Gasteiger partial charge in [0.1, 0.15) is 0 Å². The molecule has 4 nitrogen and oxygen atoms in total. The average molecular weight is 208 g/mol. The Morgan fingerprint density at radius 3 is 2.40 bits per heavy atom. The molecule has 0 aliphatic heterocycles. The van der Waals surface area contributed by atoms with Gasteiger partial charge in [-0.1, -0.05) is 26.0 Å². The second kappa shape index (κ2) is 4.21. The molecule has 0 aliphatic carbocycles. The third-order valence-corrected chi connectivity index (χ3v) is 2.37. The van der Waals surface area contributed by atoms with Gasteiger partial charge in [-0.15, -0.1) is 0 Å². The van der Waals surface area contributed by atoms with Gasteiger partial charge in [-0.3, -0.25) is 0 Å². The van der Waals surface area contributed by atoms with Crippen molar-refractivity contribution < 1.29 is 9.90 Å². The van der Waals surface area contributed by atoms with Crippen molar-refractivity contribution in [2.24, 2.45) is 0 Å². The first-order valence-electron chi connectivity index (χ1n) is 4.74. The van der Waals surface area contributed by atoms with Crippen LogP contribution in [0.2, 0.25) is 0 Å². The van der Waals surface area contributed by atoms with Gasteiger partial charge in [-0.05, 0) is 17.7 Å². The van der Waals surface area contributed by atoms with Crippen molar-refractivity contribution in [3.05, 3.63) is 29.8 Å². The molecule has 0 saturated heterocycles. The van der Waals surface area contributed by atoms with E-state index in [2.05, 4.69) is 5.32 Å². The third-order valence-electron chi connectivity index (χ3n) is 2.37. The Kier molecular flexibility index (Phi) is 3.19. The summed E-state index contributed by atoms with van der Waals surface area (Å²) in [5.41, 5.74) is 7.12. The van der Waals surface area contributed by atoms with Gasteiger partial charge in [0.2, 0.25) is 0 Å². The summed E-state index contributed by atoms with van der Waals surface area (Å²) in [6, 6.07) is 7.47. The molecule has 1 aromatic rings. The topological polar surface area (TPSA) is 75.3 Å². The number of carbonyl (C=O) groups is 1. The van der Waals surface area contributed by atoms with Crippen molar-refractivity contribution in [3.63, 3.8) is 0 Å². The molecule has 1 rings (SSSR count). The molecule has 0 heterocycles. The third kappa shape index (κ3) is 3.16. The molecule has 82 valence electrons. The van der Waals surface area contributed by atoms with Gasteiger partial charge >= 0.3 is 6.09 Å². The second-order valence-corrected chi connectivity index (χ2v) is 4.16. The Labute approximate surface area is 89.1 Å². The van der Waals surface area contributed by atoms with Crippen LogP contribution in [0.1, 0.15) is 19.4 Å². The van der Waals surface area contributed by atoms with E-state index in [1.165, 1.54) is 0 Å². The maximum absolute atomic E-state index is 10.4. The van der Waals surface area contributed by atoms with Crippen molar-refractivity contribution in [3.8, 4) is 0 Å². The van der Waals surface area contributed by atoms with Crippen LogP contribution in [0.4, 0.5) is 10.5 Å². The SMILES string of the molecule is CC(C)(CNC(=O)O)c1ccc(N)cc1. The second-order valence-electron chi connectivity index (χ2n) is 4.16. The first-order chi connectivity index (χ1) is 6.92. The first-order valence-corrected chi connectivity index (χ1v) is 4.74. The minimum Gasteiger partial charge on any atom is -0.465 e. The lowest BCUT2D eigenvalue weighted by Crippen LogP contribution is -2.35. The van der Waals surface area contributed by atoms with Gasteiger partial charge < -0.3 is 16.2 Å². The number of hydrogen-bond acceptors (Lipinski definition) is 2. The summed E-state index contributed by atoms with van der Waals surface area (Å²) in [7, 11) is 0. The summed E-state index contributed by atoms with van der Waals surface area (Å²) in [6.07, 6.45) is -1.00. The minimum atomic E-state index is -1.00. The zero-order valence-electron chi connectivity index (χ0n) is 8.95. The predicted molar refractivity (Wildman–Crippen MR) is 59.9 cm³/mol. The van der Waals surface area contributed by atoms with Crippen LogP contribution >= 0.6 is 0 Å². The summed E-state index contributed by atoms with van der Waals surface area (Å²) in [5, 5.41) is 10.9. The van der Waals surface area contributed by atoms with E-state index in [-0.39, 0.29) is 5.41 Å². The van der Waals surface area contributed by atoms with E-state index in [1.54, 1.807) is 0 Å². The van der Waals surface area contributed by atoms with Gasteiger partial charge in [0.05, 0.1) is 0 Å². The smallest absolute Gasteiger partial charge is 0.404 e. The zero-order chi connectivity index (χ0) is 11.5. The number of anilines is 1. The Balaban J connectivity index is 2.76. The number of rotatable bonds is 3. The van der Waals surface area contributed by atoms with Crippen LogP contribution in [0.15, 0.2) is 24.3 Å². The van der Waals surface area contributed by atoms with Crippen LogP contribution in [0, 0.1) is 0 Å². The molecule has 0 spiro atoms. The van der Waals surface area contributed by atoms with E-state index < -0.39 is 6.09 Å². The molecule has 4 heteroatoms. The molecule has 0 aliphatic rings. The molecule has 15 heavy (non-hydrogen) atoms. The number of hydrogen-bond donors (Lipinski definition) is 3. The molecular weight excluding hydrogens is 192 g/mol. The fourth-order valence-electron chi connectivity index (χ4n) is 1.33. The molecule has 1 amide bonds. The monoisotopic (exact) mass is 208 g/mol. The highest BCUT2D eigenvalue weighted by molar-refractivity contribution is 5.64. The number of nitrogens with one attached hydrogen (secondary N) is 1. The van der Waals surface area contributed by atoms with Crippen molar-refractivity contribution in [1.29, 1.82) is 0 Å². The quantitative estimate of drug-likeness (QED) is 0.663. The van der Waals surface area contributed by atoms with E-state index in [0.717, 1.165) is 5.56 Å². The summed E-state index contributed by atoms with van der Waals surface area (Å²) < 4.78 is 0. The van der Waals surface area contributed by atoms with Crippen molar-refractivity contribution in [2.75, 3.05) is 12.3 Å². The molecule has 0 aromatic heterocycles. The Morgan fingerprint density at radius 2 is 1.93 bits per heavy atom. The molecule has 0 bridgehead atoms. The van der Waals surface area contributed by atoms with E-state index in [4.69, 9.17) is 10.8 Å². The number of carboxylic acid groups (broad SMARTS) is 1. The van der Waals surface area contributed by atoms with Crippen molar-refractivity contribution in [2.45, 2.75) is 19.3 Å². The number of nitrogens with two attached hydrogens (primary N) is 1. The van der Waals surface area contributed by atoms with Gasteiger partial charge in [0.25, 0.3) is 0 Å².